The van der Waals surface area contributed by atoms with E-state index in [1.54, 1.807) is 29.2 Å². The van der Waals surface area contributed by atoms with Gasteiger partial charge < -0.3 is 20.3 Å². The molecule has 0 aromatic heterocycles. The van der Waals surface area contributed by atoms with Crippen LogP contribution in [0.2, 0.25) is 0 Å². The summed E-state index contributed by atoms with van der Waals surface area (Å²) in [5.74, 6) is 0.396. The van der Waals surface area contributed by atoms with Crippen molar-refractivity contribution in [3.05, 3.63) is 29.8 Å². The van der Waals surface area contributed by atoms with Crippen LogP contribution >= 0.6 is 0 Å². The predicted molar refractivity (Wildman–Crippen MR) is 89.6 cm³/mol. The Kier molecular flexibility index (Phi) is 5.98. The molecule has 0 bridgehead atoms. The van der Waals surface area contributed by atoms with Gasteiger partial charge in [-0.05, 0) is 37.1 Å². The third kappa shape index (κ3) is 5.25. The molecule has 1 aliphatic heterocycles. The molecule has 6 nitrogen and oxygen atoms in total. The average Bonchev–Trinajstić information content (AvgIpc) is 2.53. The van der Waals surface area contributed by atoms with Crippen LogP contribution in [0.4, 0.5) is 10.5 Å². The fraction of sp³-hybridized carbons (Fsp3) is 0.529. The van der Waals surface area contributed by atoms with Gasteiger partial charge in [0.2, 0.25) is 0 Å². The van der Waals surface area contributed by atoms with Gasteiger partial charge in [-0.25, -0.2) is 4.79 Å². The Labute approximate surface area is 137 Å². The molecule has 1 unspecified atom stereocenters. The second kappa shape index (κ2) is 7.97. The quantitative estimate of drug-likeness (QED) is 0.895. The van der Waals surface area contributed by atoms with Gasteiger partial charge in [0.15, 0.2) is 0 Å². The molecule has 0 spiro atoms. The molecule has 23 heavy (non-hydrogen) atoms. The summed E-state index contributed by atoms with van der Waals surface area (Å²) in [4.78, 5) is 25.9. The number of carbonyl (C=O) groups is 2. The van der Waals surface area contributed by atoms with Crippen molar-refractivity contribution < 1.29 is 14.3 Å². The number of urea groups is 1. The summed E-state index contributed by atoms with van der Waals surface area (Å²) in [6.07, 6.45) is 0.0679. The summed E-state index contributed by atoms with van der Waals surface area (Å²) >= 11 is 0. The molecule has 2 N–H and O–H groups in total. The standard InChI is InChI=1S/C17H25N3O3/c1-12(2)10-18-17(22)19-15-6-4-14(5-7-15)16(21)20-8-9-23-13(3)11-20/h4-7,12-13H,8-11H2,1-3H3,(H2,18,19,22). The first kappa shape index (κ1) is 17.3. The highest BCUT2D eigenvalue weighted by Gasteiger charge is 2.22. The Morgan fingerprint density at radius 2 is 2.00 bits per heavy atom. The lowest BCUT2D eigenvalue weighted by Crippen LogP contribution is -2.44. The van der Waals surface area contributed by atoms with Crippen molar-refractivity contribution in [2.24, 2.45) is 5.92 Å². The monoisotopic (exact) mass is 319 g/mol. The first-order chi connectivity index (χ1) is 11.0. The normalized spacial score (nSPS) is 17.9. The topological polar surface area (TPSA) is 70.7 Å². The number of anilines is 1. The molecule has 126 valence electrons. The van der Waals surface area contributed by atoms with Crippen LogP contribution in [0.25, 0.3) is 0 Å². The van der Waals surface area contributed by atoms with E-state index in [0.29, 0.717) is 43.4 Å². The van der Waals surface area contributed by atoms with Crippen molar-refractivity contribution in [3.8, 4) is 0 Å². The number of morpholine rings is 1. The lowest BCUT2D eigenvalue weighted by Gasteiger charge is -2.31. The highest BCUT2D eigenvalue weighted by Crippen LogP contribution is 2.14. The number of amides is 3. The first-order valence-electron chi connectivity index (χ1n) is 8.01. The van der Waals surface area contributed by atoms with Gasteiger partial charge in [0.1, 0.15) is 0 Å². The molecule has 0 radical (unpaired) electrons. The van der Waals surface area contributed by atoms with Gasteiger partial charge >= 0.3 is 6.03 Å². The summed E-state index contributed by atoms with van der Waals surface area (Å²) in [5, 5.41) is 5.54. The summed E-state index contributed by atoms with van der Waals surface area (Å²) in [7, 11) is 0. The molecule has 0 saturated carbocycles. The van der Waals surface area contributed by atoms with E-state index in [1.165, 1.54) is 0 Å². The summed E-state index contributed by atoms with van der Waals surface area (Å²) in [6.45, 7) is 8.44. The van der Waals surface area contributed by atoms with Crippen LogP contribution in [-0.2, 0) is 4.74 Å². The highest BCUT2D eigenvalue weighted by molar-refractivity contribution is 5.95. The van der Waals surface area contributed by atoms with Gasteiger partial charge in [0, 0.05) is 30.9 Å². The van der Waals surface area contributed by atoms with Gasteiger partial charge in [0.05, 0.1) is 12.7 Å². The predicted octanol–water partition coefficient (Wildman–Crippen LogP) is 2.33. The van der Waals surface area contributed by atoms with Gasteiger partial charge in [-0.15, -0.1) is 0 Å². The summed E-state index contributed by atoms with van der Waals surface area (Å²) in [6, 6.07) is 6.72. The maximum Gasteiger partial charge on any atom is 0.319 e. The number of hydrogen-bond acceptors (Lipinski definition) is 3. The van der Waals surface area contributed by atoms with E-state index < -0.39 is 0 Å². The van der Waals surface area contributed by atoms with Crippen molar-refractivity contribution in [1.82, 2.24) is 10.2 Å². The molecule has 1 heterocycles. The maximum atomic E-state index is 12.4. The van der Waals surface area contributed by atoms with Gasteiger partial charge in [0.25, 0.3) is 5.91 Å². The molecular weight excluding hydrogens is 294 g/mol. The minimum Gasteiger partial charge on any atom is -0.375 e. The fourth-order valence-electron chi connectivity index (χ4n) is 2.35. The van der Waals surface area contributed by atoms with Gasteiger partial charge in [-0.2, -0.15) is 0 Å². The number of nitrogens with zero attached hydrogens (tertiary/aromatic N) is 1. The molecule has 1 aromatic carbocycles. The Balaban J connectivity index is 1.91. The Hall–Kier alpha value is -2.08. The molecule has 6 heteroatoms. The lowest BCUT2D eigenvalue weighted by molar-refractivity contribution is -0.0124. The van der Waals surface area contributed by atoms with Crippen molar-refractivity contribution in [2.45, 2.75) is 26.9 Å². The van der Waals surface area contributed by atoms with Crippen molar-refractivity contribution in [1.29, 1.82) is 0 Å². The number of benzene rings is 1. The average molecular weight is 319 g/mol. The second-order valence-electron chi connectivity index (χ2n) is 6.24. The SMILES string of the molecule is CC(C)CNC(=O)Nc1ccc(C(=O)N2CCOC(C)C2)cc1. The Bertz CT molecular complexity index is 543. The van der Waals surface area contributed by atoms with Crippen LogP contribution in [0.3, 0.4) is 0 Å². The second-order valence-corrected chi connectivity index (χ2v) is 6.24. The molecule has 3 amide bonds. The fourth-order valence-corrected chi connectivity index (χ4v) is 2.35. The maximum absolute atomic E-state index is 12.4. The number of carbonyl (C=O) groups excluding carboxylic acids is 2. The van der Waals surface area contributed by atoms with E-state index in [1.807, 2.05) is 20.8 Å². The van der Waals surface area contributed by atoms with E-state index >= 15 is 0 Å². The zero-order valence-corrected chi connectivity index (χ0v) is 14.0. The third-order valence-corrected chi connectivity index (χ3v) is 3.59. The van der Waals surface area contributed by atoms with Crippen LogP contribution in [0.1, 0.15) is 31.1 Å². The molecule has 1 saturated heterocycles. The molecule has 1 aliphatic rings. The number of hydrogen-bond donors (Lipinski definition) is 2. The van der Waals surface area contributed by atoms with Crippen LogP contribution in [0.15, 0.2) is 24.3 Å². The van der Waals surface area contributed by atoms with Crippen LogP contribution in [0.5, 0.6) is 0 Å². The molecule has 1 aromatic rings. The zero-order chi connectivity index (χ0) is 16.8. The third-order valence-electron chi connectivity index (χ3n) is 3.59. The van der Waals surface area contributed by atoms with Crippen molar-refractivity contribution in [3.63, 3.8) is 0 Å². The summed E-state index contributed by atoms with van der Waals surface area (Å²) in [5.41, 5.74) is 1.28. The van der Waals surface area contributed by atoms with Crippen LogP contribution < -0.4 is 10.6 Å². The molecule has 0 aliphatic carbocycles. The minimum atomic E-state index is -0.236. The number of rotatable bonds is 4. The van der Waals surface area contributed by atoms with E-state index in [9.17, 15) is 9.59 Å². The number of ether oxygens (including phenoxy) is 1. The van der Waals surface area contributed by atoms with Crippen LogP contribution in [0, 0.1) is 5.92 Å². The number of nitrogens with one attached hydrogen (secondary N) is 2. The van der Waals surface area contributed by atoms with Gasteiger partial charge in [-0.3, -0.25) is 4.79 Å². The summed E-state index contributed by atoms with van der Waals surface area (Å²) < 4.78 is 5.45. The van der Waals surface area contributed by atoms with Gasteiger partial charge in [-0.1, -0.05) is 13.8 Å². The Morgan fingerprint density at radius 3 is 2.61 bits per heavy atom. The highest BCUT2D eigenvalue weighted by atomic mass is 16.5. The molecule has 1 atom stereocenters. The van der Waals surface area contributed by atoms with E-state index in [0.717, 1.165) is 0 Å². The van der Waals surface area contributed by atoms with Crippen molar-refractivity contribution in [2.75, 3.05) is 31.6 Å². The van der Waals surface area contributed by atoms with E-state index in [2.05, 4.69) is 10.6 Å². The van der Waals surface area contributed by atoms with Crippen molar-refractivity contribution >= 4 is 17.6 Å². The Morgan fingerprint density at radius 1 is 1.30 bits per heavy atom. The van der Waals surface area contributed by atoms with Crippen LogP contribution in [-0.4, -0.2) is 49.2 Å². The largest absolute Gasteiger partial charge is 0.375 e. The molecule has 2 rings (SSSR count). The first-order valence-corrected chi connectivity index (χ1v) is 8.01. The molecular formula is C17H25N3O3. The smallest absolute Gasteiger partial charge is 0.319 e. The molecule has 1 fully saturated rings. The van der Waals surface area contributed by atoms with E-state index in [4.69, 9.17) is 4.74 Å². The lowest BCUT2D eigenvalue weighted by atomic mass is 10.1. The van der Waals surface area contributed by atoms with E-state index in [-0.39, 0.29) is 18.0 Å². The zero-order valence-electron chi connectivity index (χ0n) is 14.0. The minimum absolute atomic E-state index is 0.00374.